The standard InChI is InChI=1S/C15H30N2/c1-13(2)16-14-7-10-17(11-14)12-15(3)8-5-4-6-9-15/h13-14,16H,4-12H2,1-3H3. The van der Waals surface area contributed by atoms with Gasteiger partial charge in [0.05, 0.1) is 0 Å². The molecule has 1 aliphatic heterocycles. The first-order chi connectivity index (χ1) is 8.07. The third kappa shape index (κ3) is 3.96. The average molecular weight is 238 g/mol. The molecule has 1 saturated carbocycles. The Morgan fingerprint density at radius 3 is 2.59 bits per heavy atom. The van der Waals surface area contributed by atoms with Crippen LogP contribution in [0.3, 0.4) is 0 Å². The van der Waals surface area contributed by atoms with Crippen molar-refractivity contribution < 1.29 is 0 Å². The lowest BCUT2D eigenvalue weighted by Gasteiger charge is -2.37. The molecule has 1 heterocycles. The highest BCUT2D eigenvalue weighted by Gasteiger charge is 2.32. The Labute approximate surface area is 107 Å². The molecule has 17 heavy (non-hydrogen) atoms. The van der Waals surface area contributed by atoms with Crippen LogP contribution in [0.15, 0.2) is 0 Å². The first-order valence-corrected chi connectivity index (χ1v) is 7.56. The fourth-order valence-electron chi connectivity index (χ4n) is 3.69. The maximum atomic E-state index is 3.68. The number of nitrogens with one attached hydrogen (secondary N) is 1. The number of hydrogen-bond donors (Lipinski definition) is 1. The molecule has 0 bridgehead atoms. The topological polar surface area (TPSA) is 15.3 Å². The van der Waals surface area contributed by atoms with Gasteiger partial charge in [-0.3, -0.25) is 0 Å². The maximum absolute atomic E-state index is 3.68. The van der Waals surface area contributed by atoms with Crippen LogP contribution in [0.4, 0.5) is 0 Å². The Morgan fingerprint density at radius 1 is 1.24 bits per heavy atom. The zero-order valence-electron chi connectivity index (χ0n) is 12.0. The van der Waals surface area contributed by atoms with Crippen molar-refractivity contribution in [3.8, 4) is 0 Å². The smallest absolute Gasteiger partial charge is 0.0209 e. The molecule has 100 valence electrons. The summed E-state index contributed by atoms with van der Waals surface area (Å²) in [5.41, 5.74) is 0.616. The highest BCUT2D eigenvalue weighted by Crippen LogP contribution is 2.37. The van der Waals surface area contributed by atoms with Crippen LogP contribution in [-0.2, 0) is 0 Å². The fourth-order valence-corrected chi connectivity index (χ4v) is 3.69. The van der Waals surface area contributed by atoms with Crippen molar-refractivity contribution in [2.24, 2.45) is 5.41 Å². The monoisotopic (exact) mass is 238 g/mol. The van der Waals surface area contributed by atoms with Gasteiger partial charge in [-0.15, -0.1) is 0 Å². The van der Waals surface area contributed by atoms with Crippen LogP contribution >= 0.6 is 0 Å². The van der Waals surface area contributed by atoms with Crippen molar-refractivity contribution in [1.82, 2.24) is 10.2 Å². The van der Waals surface area contributed by atoms with Gasteiger partial charge < -0.3 is 10.2 Å². The number of rotatable bonds is 4. The van der Waals surface area contributed by atoms with Crippen LogP contribution in [0.2, 0.25) is 0 Å². The summed E-state index contributed by atoms with van der Waals surface area (Å²) in [5, 5.41) is 3.68. The maximum Gasteiger partial charge on any atom is 0.0209 e. The van der Waals surface area contributed by atoms with Gasteiger partial charge in [-0.05, 0) is 31.2 Å². The quantitative estimate of drug-likeness (QED) is 0.810. The molecule has 1 saturated heterocycles. The van der Waals surface area contributed by atoms with Crippen LogP contribution in [0.25, 0.3) is 0 Å². The largest absolute Gasteiger partial charge is 0.310 e. The van der Waals surface area contributed by atoms with E-state index in [1.54, 1.807) is 0 Å². The Morgan fingerprint density at radius 2 is 1.94 bits per heavy atom. The van der Waals surface area contributed by atoms with E-state index in [9.17, 15) is 0 Å². The van der Waals surface area contributed by atoms with E-state index in [1.165, 1.54) is 58.2 Å². The van der Waals surface area contributed by atoms with Crippen molar-refractivity contribution in [3.63, 3.8) is 0 Å². The molecule has 1 aliphatic carbocycles. The first kappa shape index (κ1) is 13.4. The molecular weight excluding hydrogens is 208 g/mol. The van der Waals surface area contributed by atoms with Gasteiger partial charge in [-0.2, -0.15) is 0 Å². The number of likely N-dealkylation sites (tertiary alicyclic amines) is 1. The molecule has 0 spiro atoms. The molecule has 2 heteroatoms. The van der Waals surface area contributed by atoms with Gasteiger partial charge >= 0.3 is 0 Å². The SMILES string of the molecule is CC(C)NC1CCN(CC2(C)CCCCC2)C1. The van der Waals surface area contributed by atoms with Gasteiger partial charge in [0.2, 0.25) is 0 Å². The molecule has 2 nitrogen and oxygen atoms in total. The van der Waals surface area contributed by atoms with E-state index < -0.39 is 0 Å². The summed E-state index contributed by atoms with van der Waals surface area (Å²) in [6.07, 6.45) is 8.62. The van der Waals surface area contributed by atoms with Gasteiger partial charge in [0.25, 0.3) is 0 Å². The van der Waals surface area contributed by atoms with Gasteiger partial charge in [0.15, 0.2) is 0 Å². The second-order valence-electron chi connectivity index (χ2n) is 6.91. The second-order valence-corrected chi connectivity index (χ2v) is 6.91. The lowest BCUT2D eigenvalue weighted by molar-refractivity contribution is 0.137. The molecule has 0 aromatic rings. The minimum Gasteiger partial charge on any atom is -0.310 e. The predicted molar refractivity (Wildman–Crippen MR) is 74.3 cm³/mol. The Balaban J connectivity index is 1.76. The van der Waals surface area contributed by atoms with Crippen molar-refractivity contribution >= 4 is 0 Å². The Hall–Kier alpha value is -0.0800. The normalized spacial score (nSPS) is 30.0. The molecule has 2 fully saturated rings. The van der Waals surface area contributed by atoms with Crippen LogP contribution in [0.1, 0.15) is 59.3 Å². The van der Waals surface area contributed by atoms with Gasteiger partial charge in [-0.25, -0.2) is 0 Å². The third-order valence-electron chi connectivity index (χ3n) is 4.51. The zero-order valence-corrected chi connectivity index (χ0v) is 12.0. The summed E-state index contributed by atoms with van der Waals surface area (Å²) in [7, 11) is 0. The molecule has 0 amide bonds. The van der Waals surface area contributed by atoms with Gasteiger partial charge in [0.1, 0.15) is 0 Å². The van der Waals surface area contributed by atoms with E-state index in [0.29, 0.717) is 11.5 Å². The fraction of sp³-hybridized carbons (Fsp3) is 1.00. The third-order valence-corrected chi connectivity index (χ3v) is 4.51. The van der Waals surface area contributed by atoms with Crippen LogP contribution < -0.4 is 5.32 Å². The van der Waals surface area contributed by atoms with Gasteiger partial charge in [0, 0.05) is 25.2 Å². The molecule has 1 N–H and O–H groups in total. The molecular formula is C15H30N2. The number of nitrogens with zero attached hydrogens (tertiary/aromatic N) is 1. The van der Waals surface area contributed by atoms with E-state index in [-0.39, 0.29) is 0 Å². The lowest BCUT2D eigenvalue weighted by Crippen LogP contribution is -2.40. The summed E-state index contributed by atoms with van der Waals surface area (Å²) in [6.45, 7) is 10.9. The average Bonchev–Trinajstić information content (AvgIpc) is 2.64. The van der Waals surface area contributed by atoms with Crippen molar-refractivity contribution in [3.05, 3.63) is 0 Å². The minimum atomic E-state index is 0.616. The lowest BCUT2D eigenvalue weighted by atomic mass is 9.75. The Kier molecular flexibility index (Phi) is 4.48. The summed E-state index contributed by atoms with van der Waals surface area (Å²) in [4.78, 5) is 2.70. The molecule has 0 radical (unpaired) electrons. The summed E-state index contributed by atoms with van der Waals surface area (Å²) >= 11 is 0. The summed E-state index contributed by atoms with van der Waals surface area (Å²) in [5.74, 6) is 0. The van der Waals surface area contributed by atoms with Crippen molar-refractivity contribution in [2.45, 2.75) is 71.4 Å². The second kappa shape index (κ2) is 5.71. The summed E-state index contributed by atoms with van der Waals surface area (Å²) < 4.78 is 0. The first-order valence-electron chi connectivity index (χ1n) is 7.56. The van der Waals surface area contributed by atoms with Crippen LogP contribution in [-0.4, -0.2) is 36.6 Å². The molecule has 1 unspecified atom stereocenters. The zero-order chi connectivity index (χ0) is 12.3. The molecule has 0 aromatic heterocycles. The van der Waals surface area contributed by atoms with Crippen LogP contribution in [0, 0.1) is 5.41 Å². The van der Waals surface area contributed by atoms with E-state index in [1.807, 2.05) is 0 Å². The number of hydrogen-bond acceptors (Lipinski definition) is 2. The minimum absolute atomic E-state index is 0.616. The molecule has 2 aliphatic rings. The van der Waals surface area contributed by atoms with E-state index in [0.717, 1.165) is 6.04 Å². The van der Waals surface area contributed by atoms with Crippen molar-refractivity contribution in [1.29, 1.82) is 0 Å². The van der Waals surface area contributed by atoms with E-state index in [4.69, 9.17) is 0 Å². The Bertz CT molecular complexity index is 231. The van der Waals surface area contributed by atoms with E-state index in [2.05, 4.69) is 31.0 Å². The van der Waals surface area contributed by atoms with Gasteiger partial charge in [-0.1, -0.05) is 40.0 Å². The predicted octanol–water partition coefficient (Wildman–Crippen LogP) is 3.03. The highest BCUT2D eigenvalue weighted by molar-refractivity contribution is 4.88. The molecule has 2 rings (SSSR count). The van der Waals surface area contributed by atoms with Crippen molar-refractivity contribution in [2.75, 3.05) is 19.6 Å². The summed E-state index contributed by atoms with van der Waals surface area (Å²) in [6, 6.07) is 1.37. The molecule has 0 aromatic carbocycles. The van der Waals surface area contributed by atoms with E-state index >= 15 is 0 Å². The molecule has 1 atom stereocenters. The highest BCUT2D eigenvalue weighted by atomic mass is 15.2. The van der Waals surface area contributed by atoms with Crippen LogP contribution in [0.5, 0.6) is 0 Å².